The lowest BCUT2D eigenvalue weighted by molar-refractivity contribution is -0.137. The number of benzene rings is 2. The van der Waals surface area contributed by atoms with Crippen molar-refractivity contribution < 1.29 is 27.1 Å². The Bertz CT molecular complexity index is 1830. The molecule has 1 amide bonds. The SMILES string of the molecule is S.[C-]#[N+]C[C@H]1CN(c2nc(OCC3(CN4CC(F)(F)C4)CC3)nc3c2CCN(c2cccc4ccc(F)c(Cl)c24)C3)CCN1C(=O)C(=C)F. The van der Waals surface area contributed by atoms with Gasteiger partial charge in [0.15, 0.2) is 5.83 Å². The van der Waals surface area contributed by atoms with Crippen molar-refractivity contribution in [2.24, 2.45) is 5.41 Å². The van der Waals surface area contributed by atoms with Gasteiger partial charge in [0.1, 0.15) is 17.7 Å². The van der Waals surface area contributed by atoms with Gasteiger partial charge in [-0.05, 0) is 36.8 Å². The number of likely N-dealkylation sites (tertiary alicyclic amines) is 1. The lowest BCUT2D eigenvalue weighted by atomic mass is 10.0. The van der Waals surface area contributed by atoms with Crippen molar-refractivity contribution in [3.8, 4) is 6.01 Å². The summed E-state index contributed by atoms with van der Waals surface area (Å²) in [7, 11) is 0. The standard InChI is InChI=1S/C34H34ClF4N7O2.H2S/c1-21(36)31(47)46-13-12-45(15-23(46)14-40-2)30-24-8-11-44(27-5-3-4-22-6-7-25(37)29(35)28(22)27)16-26(24)41-32(42-30)48-20-33(9-10-33)17-43-18-34(38,39)19-43;/h3-7,23H,1,8-20H2;1H2/t23-;/m0./s1. The fourth-order valence-electron chi connectivity index (χ4n) is 7.14. The molecule has 0 unspecified atom stereocenters. The van der Waals surface area contributed by atoms with Crippen molar-refractivity contribution in [3.05, 3.63) is 76.3 Å². The third kappa shape index (κ3) is 6.98. The quantitative estimate of drug-likeness (QED) is 0.162. The van der Waals surface area contributed by atoms with Crippen molar-refractivity contribution in [1.82, 2.24) is 19.8 Å². The predicted molar refractivity (Wildman–Crippen MR) is 184 cm³/mol. The Morgan fingerprint density at radius 1 is 1.12 bits per heavy atom. The lowest BCUT2D eigenvalue weighted by Gasteiger charge is -2.41. The molecule has 0 radical (unpaired) electrons. The number of rotatable bonds is 9. The van der Waals surface area contributed by atoms with Gasteiger partial charge in [-0.25, -0.2) is 24.1 Å². The van der Waals surface area contributed by atoms with Crippen LogP contribution in [0.5, 0.6) is 6.01 Å². The maximum atomic E-state index is 14.6. The van der Waals surface area contributed by atoms with Gasteiger partial charge < -0.3 is 24.3 Å². The first-order chi connectivity index (χ1) is 23.0. The van der Waals surface area contributed by atoms with E-state index in [1.807, 2.05) is 23.1 Å². The van der Waals surface area contributed by atoms with Gasteiger partial charge in [-0.3, -0.25) is 9.69 Å². The molecule has 7 rings (SSSR count). The van der Waals surface area contributed by atoms with Crippen LogP contribution in [0, 0.1) is 17.8 Å². The van der Waals surface area contributed by atoms with Crippen LogP contribution in [0.3, 0.4) is 0 Å². The number of piperazine rings is 1. The largest absolute Gasteiger partial charge is 0.463 e. The molecule has 9 nitrogen and oxygen atoms in total. The van der Waals surface area contributed by atoms with E-state index >= 15 is 0 Å². The fraction of sp³-hybridized carbons (Fsp3) is 0.471. The summed E-state index contributed by atoms with van der Waals surface area (Å²) in [6.07, 6.45) is 2.25. The monoisotopic (exact) mass is 717 g/mol. The molecule has 260 valence electrons. The highest BCUT2D eigenvalue weighted by molar-refractivity contribution is 7.59. The van der Waals surface area contributed by atoms with E-state index in [1.54, 1.807) is 11.0 Å². The summed E-state index contributed by atoms with van der Waals surface area (Å²) in [6.45, 7) is 12.6. The molecule has 3 fully saturated rings. The number of carbonyl (C=O) groups excluding carboxylic acids is 1. The van der Waals surface area contributed by atoms with E-state index in [-0.39, 0.29) is 69.3 Å². The van der Waals surface area contributed by atoms with E-state index in [9.17, 15) is 22.4 Å². The van der Waals surface area contributed by atoms with Crippen molar-refractivity contribution in [3.63, 3.8) is 0 Å². The van der Waals surface area contributed by atoms with Crippen LogP contribution in [0.25, 0.3) is 15.6 Å². The molecule has 2 aromatic carbocycles. The van der Waals surface area contributed by atoms with Crippen LogP contribution in [0.15, 0.2) is 42.7 Å². The number of aromatic nitrogens is 2. The van der Waals surface area contributed by atoms with E-state index in [0.717, 1.165) is 29.5 Å². The normalized spacial score (nSPS) is 20.9. The number of amides is 1. The molecule has 49 heavy (non-hydrogen) atoms. The Morgan fingerprint density at radius 3 is 2.59 bits per heavy atom. The summed E-state index contributed by atoms with van der Waals surface area (Å²) in [5, 5.41) is 1.46. The number of carbonyl (C=O) groups is 1. The summed E-state index contributed by atoms with van der Waals surface area (Å²) in [4.78, 5) is 32.9. The van der Waals surface area contributed by atoms with Crippen LogP contribution >= 0.6 is 25.1 Å². The number of halogens is 5. The minimum absolute atomic E-state index is 0. The van der Waals surface area contributed by atoms with E-state index in [4.69, 9.17) is 32.9 Å². The highest BCUT2D eigenvalue weighted by atomic mass is 35.5. The molecular weight excluding hydrogens is 682 g/mol. The molecule has 0 bridgehead atoms. The van der Waals surface area contributed by atoms with E-state index in [1.165, 1.54) is 11.0 Å². The highest BCUT2D eigenvalue weighted by Crippen LogP contribution is 2.48. The van der Waals surface area contributed by atoms with Crippen molar-refractivity contribution >= 4 is 53.3 Å². The second-order valence-corrected chi connectivity index (χ2v) is 13.7. The molecule has 1 saturated carbocycles. The molecule has 4 heterocycles. The first kappa shape index (κ1) is 35.0. The zero-order chi connectivity index (χ0) is 33.8. The van der Waals surface area contributed by atoms with Gasteiger partial charge >= 0.3 is 6.01 Å². The number of ether oxygens (including phenoxy) is 1. The molecule has 0 spiro atoms. The van der Waals surface area contributed by atoms with Gasteiger partial charge in [-0.1, -0.05) is 36.4 Å². The van der Waals surface area contributed by atoms with Gasteiger partial charge in [0.05, 0.1) is 37.0 Å². The van der Waals surface area contributed by atoms with Crippen LogP contribution in [-0.4, -0.2) is 96.6 Å². The summed E-state index contributed by atoms with van der Waals surface area (Å²) < 4.78 is 61.7. The van der Waals surface area contributed by atoms with Crippen LogP contribution in [0.2, 0.25) is 5.02 Å². The highest BCUT2D eigenvalue weighted by Gasteiger charge is 2.51. The summed E-state index contributed by atoms with van der Waals surface area (Å²) in [5.41, 5.74) is 2.11. The Hall–Kier alpha value is -3.80. The molecule has 3 aliphatic heterocycles. The summed E-state index contributed by atoms with van der Waals surface area (Å²) in [6, 6.07) is 8.29. The van der Waals surface area contributed by atoms with Crippen LogP contribution in [0.4, 0.5) is 29.1 Å². The van der Waals surface area contributed by atoms with Gasteiger partial charge in [0.25, 0.3) is 11.8 Å². The number of fused-ring (bicyclic) bond motifs is 2. The Balaban J connectivity index is 0.00000417. The molecule has 4 aliphatic rings. The predicted octanol–water partition coefficient (Wildman–Crippen LogP) is 5.63. The third-order valence-corrected chi connectivity index (χ3v) is 10.2. The summed E-state index contributed by atoms with van der Waals surface area (Å²) in [5.74, 6) is -4.43. The first-order valence-electron chi connectivity index (χ1n) is 15.9. The topological polar surface area (TPSA) is 69.4 Å². The van der Waals surface area contributed by atoms with Crippen LogP contribution < -0.4 is 14.5 Å². The fourth-order valence-corrected chi connectivity index (χ4v) is 7.41. The van der Waals surface area contributed by atoms with Crippen LogP contribution in [0.1, 0.15) is 24.1 Å². The zero-order valence-corrected chi connectivity index (χ0v) is 28.5. The maximum absolute atomic E-state index is 14.6. The molecule has 15 heteroatoms. The molecule has 1 aliphatic carbocycles. The minimum Gasteiger partial charge on any atom is -0.463 e. The first-order valence-corrected chi connectivity index (χ1v) is 16.3. The molecule has 1 atom stereocenters. The lowest BCUT2D eigenvalue weighted by Crippen LogP contribution is -2.57. The molecular formula is C34H36ClF4N7O2S. The smallest absolute Gasteiger partial charge is 0.318 e. The second-order valence-electron chi connectivity index (χ2n) is 13.3. The van der Waals surface area contributed by atoms with Crippen molar-refractivity contribution in [2.45, 2.75) is 37.8 Å². The van der Waals surface area contributed by atoms with E-state index in [0.29, 0.717) is 49.5 Å². The molecule has 2 saturated heterocycles. The zero-order valence-electron chi connectivity index (χ0n) is 26.7. The van der Waals surface area contributed by atoms with Gasteiger partial charge in [0.2, 0.25) is 6.54 Å². The van der Waals surface area contributed by atoms with Gasteiger partial charge in [0, 0.05) is 54.8 Å². The average molecular weight is 718 g/mol. The summed E-state index contributed by atoms with van der Waals surface area (Å²) >= 11 is 6.47. The number of nitrogens with zero attached hydrogens (tertiary/aromatic N) is 7. The number of anilines is 2. The second kappa shape index (κ2) is 13.5. The third-order valence-electron chi connectivity index (χ3n) is 9.79. The van der Waals surface area contributed by atoms with E-state index < -0.39 is 29.5 Å². The van der Waals surface area contributed by atoms with Gasteiger partial charge in [-0.15, -0.1) is 0 Å². The Labute approximate surface area is 293 Å². The average Bonchev–Trinajstić information content (AvgIpc) is 3.83. The van der Waals surface area contributed by atoms with Gasteiger partial charge in [-0.2, -0.15) is 23.5 Å². The van der Waals surface area contributed by atoms with Crippen molar-refractivity contribution in [1.29, 1.82) is 0 Å². The minimum atomic E-state index is -2.64. The number of alkyl halides is 2. The Kier molecular flexibility index (Phi) is 9.65. The Morgan fingerprint density at radius 2 is 1.90 bits per heavy atom. The molecule has 1 aromatic heterocycles. The van der Waals surface area contributed by atoms with E-state index in [2.05, 4.69) is 16.3 Å². The number of hydrogen-bond donors (Lipinski definition) is 0. The molecule has 0 N–H and O–H groups in total. The van der Waals surface area contributed by atoms with Crippen molar-refractivity contribution in [2.75, 3.05) is 68.8 Å². The molecule has 3 aromatic rings. The van der Waals surface area contributed by atoms with Crippen LogP contribution in [-0.2, 0) is 17.8 Å². The maximum Gasteiger partial charge on any atom is 0.318 e. The number of hydrogen-bond acceptors (Lipinski definition) is 7.